The fourth-order valence-electron chi connectivity index (χ4n) is 2.19. The van der Waals surface area contributed by atoms with Crippen LogP contribution in [0, 0.1) is 0 Å². The van der Waals surface area contributed by atoms with Crippen LogP contribution in [0.2, 0.25) is 0 Å². The Labute approximate surface area is 117 Å². The van der Waals surface area contributed by atoms with Crippen LogP contribution in [0.4, 0.5) is 5.82 Å². The van der Waals surface area contributed by atoms with Gasteiger partial charge in [0.05, 0.1) is 0 Å². The van der Waals surface area contributed by atoms with Crippen LogP contribution in [0.3, 0.4) is 0 Å². The number of nitrogens with zero attached hydrogens (tertiary/aromatic N) is 2. The summed E-state index contributed by atoms with van der Waals surface area (Å²) in [4.78, 5) is 28.3. The Kier molecular flexibility index (Phi) is 4.70. The molecule has 2 N–H and O–H groups in total. The van der Waals surface area contributed by atoms with Crippen molar-refractivity contribution in [2.45, 2.75) is 18.9 Å². The lowest BCUT2D eigenvalue weighted by atomic mass is 10.0. The Hall–Kier alpha value is -2.37. The van der Waals surface area contributed by atoms with Gasteiger partial charge in [0, 0.05) is 37.5 Å². The maximum atomic E-state index is 11.5. The third-order valence-corrected chi connectivity index (χ3v) is 3.19. The van der Waals surface area contributed by atoms with E-state index in [9.17, 15) is 9.59 Å². The third kappa shape index (κ3) is 4.08. The zero-order valence-electron chi connectivity index (χ0n) is 11.0. The number of aliphatic carboxylic acids is 1. The number of aromatic nitrogens is 1. The number of carboxylic acid groups (broad SMARTS) is 1. The highest BCUT2D eigenvalue weighted by Crippen LogP contribution is 2.17. The maximum Gasteiger partial charge on any atom is 0.328 e. The van der Waals surface area contributed by atoms with Crippen molar-refractivity contribution >= 4 is 17.7 Å². The van der Waals surface area contributed by atoms with E-state index in [0.29, 0.717) is 0 Å². The minimum absolute atomic E-state index is 0.0842. The quantitative estimate of drug-likeness (QED) is 0.794. The average molecular weight is 275 g/mol. The first-order chi connectivity index (χ1) is 9.65. The molecule has 0 aromatic carbocycles. The number of carbonyl (C=O) groups excluding carboxylic acids is 1. The Morgan fingerprint density at radius 2 is 2.05 bits per heavy atom. The van der Waals surface area contributed by atoms with Gasteiger partial charge in [-0.15, -0.1) is 0 Å². The topological polar surface area (TPSA) is 82.5 Å². The maximum absolute atomic E-state index is 11.5. The van der Waals surface area contributed by atoms with Gasteiger partial charge >= 0.3 is 5.97 Å². The molecule has 0 spiro atoms. The molecule has 0 saturated carbocycles. The summed E-state index contributed by atoms with van der Waals surface area (Å²) >= 11 is 0. The standard InChI is InChI=1S/C14H17N3O3/c18-13(4-5-14(19)20)16-11-6-9-17(10-7-11)12-3-1-2-8-15-12/h1-5,8,11H,6-7,9-10H2,(H,16,18)(H,19,20)/b5-4+. The zero-order chi connectivity index (χ0) is 14.4. The molecule has 1 amide bonds. The molecule has 0 atom stereocenters. The fraction of sp³-hybridized carbons (Fsp3) is 0.357. The summed E-state index contributed by atoms with van der Waals surface area (Å²) in [5, 5.41) is 11.3. The molecule has 0 radical (unpaired) electrons. The van der Waals surface area contributed by atoms with E-state index in [1.807, 2.05) is 18.2 Å². The van der Waals surface area contributed by atoms with Crippen molar-refractivity contribution in [3.63, 3.8) is 0 Å². The second-order valence-corrected chi connectivity index (χ2v) is 4.63. The first-order valence-electron chi connectivity index (χ1n) is 6.52. The number of hydrogen-bond acceptors (Lipinski definition) is 4. The van der Waals surface area contributed by atoms with Gasteiger partial charge in [-0.2, -0.15) is 0 Å². The van der Waals surface area contributed by atoms with Crippen LogP contribution >= 0.6 is 0 Å². The minimum atomic E-state index is -1.12. The van der Waals surface area contributed by atoms with Gasteiger partial charge in [0.2, 0.25) is 5.91 Å². The molecule has 2 rings (SSSR count). The van der Waals surface area contributed by atoms with E-state index in [2.05, 4.69) is 15.2 Å². The molecule has 0 bridgehead atoms. The lowest BCUT2D eigenvalue weighted by Crippen LogP contribution is -2.44. The summed E-state index contributed by atoms with van der Waals surface area (Å²) in [5.74, 6) is -0.531. The van der Waals surface area contributed by atoms with Crippen molar-refractivity contribution in [1.29, 1.82) is 0 Å². The summed E-state index contributed by atoms with van der Waals surface area (Å²) in [7, 11) is 0. The summed E-state index contributed by atoms with van der Waals surface area (Å²) in [6.45, 7) is 1.65. The van der Waals surface area contributed by atoms with Gasteiger partial charge in [-0.25, -0.2) is 9.78 Å². The normalized spacial score (nSPS) is 16.3. The highest BCUT2D eigenvalue weighted by atomic mass is 16.4. The molecule has 6 heteroatoms. The van der Waals surface area contributed by atoms with E-state index in [1.54, 1.807) is 6.20 Å². The molecule has 1 saturated heterocycles. The minimum Gasteiger partial charge on any atom is -0.478 e. The average Bonchev–Trinajstić information content (AvgIpc) is 2.47. The van der Waals surface area contributed by atoms with E-state index >= 15 is 0 Å². The summed E-state index contributed by atoms with van der Waals surface area (Å²) in [6.07, 6.45) is 5.30. The lowest BCUT2D eigenvalue weighted by molar-refractivity contribution is -0.131. The largest absolute Gasteiger partial charge is 0.478 e. The number of hydrogen-bond donors (Lipinski definition) is 2. The van der Waals surface area contributed by atoms with Gasteiger partial charge in [-0.1, -0.05) is 6.07 Å². The molecule has 1 aromatic heterocycles. The first kappa shape index (κ1) is 14.0. The molecule has 6 nitrogen and oxygen atoms in total. The number of carboxylic acids is 1. The van der Waals surface area contributed by atoms with Crippen LogP contribution in [-0.4, -0.2) is 41.1 Å². The molecule has 1 fully saturated rings. The number of anilines is 1. The van der Waals surface area contributed by atoms with Gasteiger partial charge in [0.15, 0.2) is 0 Å². The number of carbonyl (C=O) groups is 2. The second kappa shape index (κ2) is 6.70. The number of pyridine rings is 1. The summed E-state index contributed by atoms with van der Waals surface area (Å²) in [5.41, 5.74) is 0. The molecule has 1 aliphatic heterocycles. The van der Waals surface area contributed by atoms with Gasteiger partial charge in [-0.3, -0.25) is 4.79 Å². The van der Waals surface area contributed by atoms with E-state index < -0.39 is 5.97 Å². The van der Waals surface area contributed by atoms with Crippen molar-refractivity contribution in [1.82, 2.24) is 10.3 Å². The van der Waals surface area contributed by atoms with Gasteiger partial charge in [-0.05, 0) is 25.0 Å². The number of amides is 1. The van der Waals surface area contributed by atoms with Crippen molar-refractivity contribution < 1.29 is 14.7 Å². The Balaban J connectivity index is 1.80. The zero-order valence-corrected chi connectivity index (χ0v) is 11.0. The molecular formula is C14H17N3O3. The SMILES string of the molecule is O=C(O)/C=C/C(=O)NC1CCN(c2ccccn2)CC1. The molecular weight excluding hydrogens is 258 g/mol. The lowest BCUT2D eigenvalue weighted by Gasteiger charge is -2.32. The van der Waals surface area contributed by atoms with Crippen molar-refractivity contribution in [3.05, 3.63) is 36.5 Å². The Morgan fingerprint density at radius 1 is 1.30 bits per heavy atom. The highest BCUT2D eigenvalue weighted by Gasteiger charge is 2.20. The Morgan fingerprint density at radius 3 is 2.65 bits per heavy atom. The smallest absolute Gasteiger partial charge is 0.328 e. The summed E-state index contributed by atoms with van der Waals surface area (Å²) in [6, 6.07) is 5.88. The van der Waals surface area contributed by atoms with E-state index in [-0.39, 0.29) is 11.9 Å². The number of rotatable bonds is 4. The highest BCUT2D eigenvalue weighted by molar-refractivity contribution is 5.94. The molecule has 2 heterocycles. The van der Waals surface area contributed by atoms with Gasteiger partial charge < -0.3 is 15.3 Å². The van der Waals surface area contributed by atoms with Crippen LogP contribution in [0.1, 0.15) is 12.8 Å². The molecule has 0 unspecified atom stereocenters. The van der Waals surface area contributed by atoms with E-state index in [1.165, 1.54) is 0 Å². The summed E-state index contributed by atoms with van der Waals surface area (Å²) < 4.78 is 0. The Bertz CT molecular complexity index is 494. The van der Waals surface area contributed by atoms with Crippen LogP contribution < -0.4 is 10.2 Å². The van der Waals surface area contributed by atoms with E-state index in [0.717, 1.165) is 43.9 Å². The van der Waals surface area contributed by atoms with Crippen LogP contribution in [0.15, 0.2) is 36.5 Å². The molecule has 0 aliphatic carbocycles. The predicted molar refractivity (Wildman–Crippen MR) is 74.4 cm³/mol. The fourth-order valence-corrected chi connectivity index (χ4v) is 2.19. The first-order valence-corrected chi connectivity index (χ1v) is 6.52. The van der Waals surface area contributed by atoms with Gasteiger partial charge in [0.25, 0.3) is 0 Å². The van der Waals surface area contributed by atoms with Crippen LogP contribution in [0.5, 0.6) is 0 Å². The molecule has 20 heavy (non-hydrogen) atoms. The number of nitrogens with one attached hydrogen (secondary N) is 1. The van der Waals surface area contributed by atoms with E-state index in [4.69, 9.17) is 5.11 Å². The van der Waals surface area contributed by atoms with Crippen molar-refractivity contribution in [2.75, 3.05) is 18.0 Å². The van der Waals surface area contributed by atoms with Crippen LogP contribution in [0.25, 0.3) is 0 Å². The predicted octanol–water partition coefficient (Wildman–Crippen LogP) is 0.807. The van der Waals surface area contributed by atoms with Crippen LogP contribution in [-0.2, 0) is 9.59 Å². The monoisotopic (exact) mass is 275 g/mol. The van der Waals surface area contributed by atoms with Crippen molar-refractivity contribution in [2.24, 2.45) is 0 Å². The molecule has 1 aromatic rings. The molecule has 1 aliphatic rings. The molecule has 106 valence electrons. The van der Waals surface area contributed by atoms with Gasteiger partial charge in [0.1, 0.15) is 5.82 Å². The number of piperidine rings is 1. The van der Waals surface area contributed by atoms with Crippen molar-refractivity contribution in [3.8, 4) is 0 Å². The third-order valence-electron chi connectivity index (χ3n) is 3.19. The second-order valence-electron chi connectivity index (χ2n) is 4.63.